The van der Waals surface area contributed by atoms with E-state index in [0.29, 0.717) is 0 Å². The highest BCUT2D eigenvalue weighted by Gasteiger charge is 2.66. The molecule has 4 aliphatic rings. The molecule has 0 radical (unpaired) electrons. The van der Waals surface area contributed by atoms with Gasteiger partial charge in [0, 0.05) is 10.8 Å². The fourth-order valence-corrected chi connectivity index (χ4v) is 6.52. The first-order valence-electron chi connectivity index (χ1n) is 12.7. The van der Waals surface area contributed by atoms with E-state index in [0.717, 1.165) is 35.0 Å². The van der Waals surface area contributed by atoms with Gasteiger partial charge in [0.15, 0.2) is 0 Å². The lowest BCUT2D eigenvalue weighted by Crippen LogP contribution is -2.70. The third kappa shape index (κ3) is 2.64. The van der Waals surface area contributed by atoms with E-state index < -0.39 is 10.8 Å². The third-order valence-electron chi connectivity index (χ3n) is 9.28. The molecule has 2 aromatic carbocycles. The highest BCUT2D eigenvalue weighted by atomic mass is 16.6. The summed E-state index contributed by atoms with van der Waals surface area (Å²) in [5.74, 6) is 0.300. The van der Waals surface area contributed by atoms with E-state index in [1.54, 1.807) is 0 Å². The highest BCUT2D eigenvalue weighted by Crippen LogP contribution is 2.54. The predicted octanol–water partition coefficient (Wildman–Crippen LogP) is 4.68. The van der Waals surface area contributed by atoms with Crippen LogP contribution in [0.4, 0.5) is 11.4 Å². The minimum atomic E-state index is -0.407. The number of benzene rings is 2. The molecule has 4 saturated heterocycles. The van der Waals surface area contributed by atoms with Crippen molar-refractivity contribution in [1.82, 2.24) is 0 Å². The summed E-state index contributed by atoms with van der Waals surface area (Å²) in [5.41, 5.74) is 0.996. The van der Waals surface area contributed by atoms with E-state index >= 15 is 0 Å². The van der Waals surface area contributed by atoms with Crippen LogP contribution >= 0.6 is 0 Å². The molecule has 4 unspecified atom stereocenters. The summed E-state index contributed by atoms with van der Waals surface area (Å²) < 4.78 is 11.7. The second kappa shape index (κ2) is 7.05. The van der Waals surface area contributed by atoms with E-state index in [1.165, 1.54) is 0 Å². The quantitative estimate of drug-likeness (QED) is 0.462. The van der Waals surface area contributed by atoms with Crippen LogP contribution < -0.4 is 9.80 Å². The van der Waals surface area contributed by atoms with Gasteiger partial charge in [0.25, 0.3) is 0 Å². The van der Waals surface area contributed by atoms with Gasteiger partial charge in [-0.05, 0) is 52.7 Å². The Morgan fingerprint density at radius 3 is 1.38 bits per heavy atom. The zero-order valence-corrected chi connectivity index (χ0v) is 20.9. The number of hydrogen-bond donors (Lipinski definition) is 0. The number of carbonyl (C=O) groups excluding carboxylic acids is 2. The molecule has 0 saturated carbocycles. The number of carbonyl (C=O) groups is 2. The maximum atomic E-state index is 13.4. The average Bonchev–Trinajstić information content (AvgIpc) is 3.76. The van der Waals surface area contributed by atoms with Crippen LogP contribution in [0.3, 0.4) is 0 Å². The number of fused-ring (bicyclic) bond motifs is 1. The van der Waals surface area contributed by atoms with Crippen LogP contribution in [-0.4, -0.2) is 48.3 Å². The highest BCUT2D eigenvalue weighted by molar-refractivity contribution is 6.16. The van der Waals surface area contributed by atoms with E-state index in [2.05, 4.69) is 53.7 Å². The molecule has 0 spiro atoms. The molecule has 0 N–H and O–H groups in total. The molecule has 6 rings (SSSR count). The molecular formula is C28H34N2O4. The van der Waals surface area contributed by atoms with Crippen LogP contribution in [0.1, 0.15) is 54.4 Å². The Balaban J connectivity index is 1.44. The fraction of sp³-hybridized carbons (Fsp3) is 0.571. The average molecular weight is 463 g/mol. The predicted molar refractivity (Wildman–Crippen MR) is 132 cm³/mol. The van der Waals surface area contributed by atoms with Gasteiger partial charge in [-0.3, -0.25) is 9.59 Å². The van der Waals surface area contributed by atoms with Crippen LogP contribution in [0.5, 0.6) is 0 Å². The number of hydrogen-bond acceptors (Lipinski definition) is 4. The van der Waals surface area contributed by atoms with Gasteiger partial charge in [-0.2, -0.15) is 0 Å². The summed E-state index contributed by atoms with van der Waals surface area (Å²) in [6, 6.07) is 12.2. The van der Waals surface area contributed by atoms with Crippen molar-refractivity contribution in [1.29, 1.82) is 0 Å². The lowest BCUT2D eigenvalue weighted by atomic mass is 9.67. The minimum absolute atomic E-state index is 0.0248. The molecule has 4 heterocycles. The van der Waals surface area contributed by atoms with E-state index in [1.807, 2.05) is 34.1 Å². The van der Waals surface area contributed by atoms with Crippen molar-refractivity contribution in [3.8, 4) is 0 Å². The molecule has 34 heavy (non-hydrogen) atoms. The van der Waals surface area contributed by atoms with Crippen molar-refractivity contribution in [2.75, 3.05) is 9.80 Å². The fourth-order valence-electron chi connectivity index (χ4n) is 6.52. The lowest BCUT2D eigenvalue weighted by Gasteiger charge is -2.55. The van der Waals surface area contributed by atoms with Crippen LogP contribution in [0.2, 0.25) is 0 Å². The van der Waals surface area contributed by atoms with Gasteiger partial charge in [0.2, 0.25) is 11.8 Å². The molecule has 4 aliphatic heterocycles. The zero-order chi connectivity index (χ0) is 24.2. The van der Waals surface area contributed by atoms with Gasteiger partial charge >= 0.3 is 0 Å². The molecule has 0 aromatic heterocycles. The van der Waals surface area contributed by atoms with Crippen molar-refractivity contribution in [2.24, 2.45) is 10.8 Å². The largest absolute Gasteiger partial charge is 0.368 e. The Bertz CT molecular complexity index is 1120. The second-order valence-corrected chi connectivity index (χ2v) is 11.0. The summed E-state index contributed by atoms with van der Waals surface area (Å²) in [4.78, 5) is 30.8. The smallest absolute Gasteiger partial charge is 0.235 e. The van der Waals surface area contributed by atoms with Crippen molar-refractivity contribution >= 4 is 34.0 Å². The summed E-state index contributed by atoms with van der Waals surface area (Å²) >= 11 is 0. The van der Waals surface area contributed by atoms with Crippen LogP contribution in [0, 0.1) is 10.8 Å². The third-order valence-corrected chi connectivity index (χ3v) is 9.28. The number of amides is 2. The van der Waals surface area contributed by atoms with Gasteiger partial charge in [-0.15, -0.1) is 0 Å². The topological polar surface area (TPSA) is 65.7 Å². The Hall–Kier alpha value is -2.44. The molecule has 6 heteroatoms. The zero-order valence-electron chi connectivity index (χ0n) is 20.9. The first-order valence-corrected chi connectivity index (χ1v) is 12.7. The summed E-state index contributed by atoms with van der Waals surface area (Å²) in [6.45, 7) is 12.4. The molecule has 180 valence electrons. The molecule has 4 fully saturated rings. The number of epoxide rings is 2. The van der Waals surface area contributed by atoms with E-state index in [9.17, 15) is 9.59 Å². The molecule has 0 bridgehead atoms. The first kappa shape index (κ1) is 22.1. The van der Waals surface area contributed by atoms with Gasteiger partial charge in [-0.1, -0.05) is 38.1 Å². The summed E-state index contributed by atoms with van der Waals surface area (Å²) in [6.07, 6.45) is 2.05. The van der Waals surface area contributed by atoms with Crippen molar-refractivity contribution in [3.63, 3.8) is 0 Å². The number of anilines is 2. The van der Waals surface area contributed by atoms with Crippen molar-refractivity contribution in [2.45, 2.75) is 90.9 Å². The number of ether oxygens (including phenoxy) is 2. The van der Waals surface area contributed by atoms with Gasteiger partial charge in [0.1, 0.15) is 12.2 Å². The maximum Gasteiger partial charge on any atom is 0.235 e. The monoisotopic (exact) mass is 462 g/mol. The lowest BCUT2D eigenvalue weighted by molar-refractivity contribution is -0.140. The SMILES string of the molecule is CCC1(C)C(=O)N(c2cccc3c(N4C(=O)C(C)(CC)C4[C@@H]4O[C@H]4C)cccc23)C1[C@H]1O[C@@H]1C. The molecule has 2 aromatic rings. The van der Waals surface area contributed by atoms with Crippen LogP contribution in [-0.2, 0) is 19.1 Å². The Morgan fingerprint density at radius 1 is 0.735 bits per heavy atom. The summed E-state index contributed by atoms with van der Waals surface area (Å²) in [7, 11) is 0. The maximum absolute atomic E-state index is 13.4. The van der Waals surface area contributed by atoms with Crippen LogP contribution in [0.25, 0.3) is 10.8 Å². The van der Waals surface area contributed by atoms with Crippen molar-refractivity contribution in [3.05, 3.63) is 36.4 Å². The molecule has 6 nitrogen and oxygen atoms in total. The Kier molecular flexibility index (Phi) is 4.57. The van der Waals surface area contributed by atoms with E-state index in [4.69, 9.17) is 9.47 Å². The standard InChI is InChI=1S/C28H34N2O4/c1-7-27(5)23(21-15(3)33-21)29(25(27)31)19-13-9-12-18-17(19)11-10-14-20(18)30-24(22-16(4)34-22)28(6,8-2)26(30)32/h9-16,21-24H,7-8H2,1-6H3/t15-,16+,21+,22-,23?,24?,27?,28?. The number of rotatable bonds is 6. The molecular weight excluding hydrogens is 428 g/mol. The number of nitrogens with zero attached hydrogens (tertiary/aromatic N) is 2. The van der Waals surface area contributed by atoms with E-state index in [-0.39, 0.29) is 48.3 Å². The molecule has 2 amide bonds. The minimum Gasteiger partial charge on any atom is -0.368 e. The normalized spacial score (nSPS) is 40.9. The van der Waals surface area contributed by atoms with Gasteiger partial charge < -0.3 is 19.3 Å². The summed E-state index contributed by atoms with van der Waals surface area (Å²) in [5, 5.41) is 1.98. The van der Waals surface area contributed by atoms with Gasteiger partial charge in [0.05, 0.1) is 46.5 Å². The van der Waals surface area contributed by atoms with Crippen LogP contribution in [0.15, 0.2) is 36.4 Å². The molecule has 0 aliphatic carbocycles. The van der Waals surface area contributed by atoms with Crippen molar-refractivity contribution < 1.29 is 19.1 Å². The molecule has 8 atom stereocenters. The Morgan fingerprint density at radius 2 is 1.09 bits per heavy atom. The second-order valence-electron chi connectivity index (χ2n) is 11.0. The Labute approximate surface area is 201 Å². The first-order chi connectivity index (χ1) is 16.2. The van der Waals surface area contributed by atoms with Gasteiger partial charge in [-0.25, -0.2) is 0 Å². The number of β-lactam (4-membered cyclic amide) rings is 2.